The Morgan fingerprint density at radius 1 is 1.00 bits per heavy atom. The topological polar surface area (TPSA) is 39.4 Å². The molecule has 4 rings (SSSR count). The van der Waals surface area contributed by atoms with Gasteiger partial charge in [0.15, 0.2) is 0 Å². The van der Waals surface area contributed by atoms with Crippen LogP contribution in [-0.4, -0.2) is 12.1 Å². The van der Waals surface area contributed by atoms with E-state index in [1.54, 1.807) is 0 Å². The molecule has 1 aliphatic heterocycles. The number of hydrogen-bond donors (Lipinski definition) is 0. The first-order valence-corrected chi connectivity index (χ1v) is 7.06. The Hall–Kier alpha value is -2.55. The standard InChI is InChI=1S/C18H14O3/c19-17-11-13(20-17)10-15-14-8-4-5-9-16(14)21-18(15)12-6-2-1-3-7-12/h1-9,13H,10-11H2. The molecule has 1 aliphatic rings. The van der Waals surface area contributed by atoms with E-state index in [1.165, 1.54) is 0 Å². The Bertz CT molecular complexity index is 794. The second kappa shape index (κ2) is 4.77. The van der Waals surface area contributed by atoms with E-state index >= 15 is 0 Å². The first-order valence-electron chi connectivity index (χ1n) is 7.06. The van der Waals surface area contributed by atoms with Gasteiger partial charge in [0.05, 0.1) is 6.42 Å². The lowest BCUT2D eigenvalue weighted by Crippen LogP contribution is -2.34. The van der Waals surface area contributed by atoms with Crippen molar-refractivity contribution in [2.45, 2.75) is 18.9 Å². The third kappa shape index (κ3) is 2.11. The minimum Gasteiger partial charge on any atom is -0.461 e. The molecule has 1 fully saturated rings. The summed E-state index contributed by atoms with van der Waals surface area (Å²) in [5.41, 5.74) is 3.04. The largest absolute Gasteiger partial charge is 0.461 e. The predicted octanol–water partition coefficient (Wildman–Crippen LogP) is 3.96. The molecule has 104 valence electrons. The molecular formula is C18H14O3. The lowest BCUT2D eigenvalue weighted by atomic mass is 9.97. The van der Waals surface area contributed by atoms with Crippen LogP contribution in [0, 0.1) is 0 Å². The van der Waals surface area contributed by atoms with E-state index in [0.29, 0.717) is 12.8 Å². The molecule has 0 N–H and O–H groups in total. The van der Waals surface area contributed by atoms with Crippen molar-refractivity contribution in [1.82, 2.24) is 0 Å². The van der Waals surface area contributed by atoms with Crippen LogP contribution in [0.5, 0.6) is 0 Å². The van der Waals surface area contributed by atoms with Crippen molar-refractivity contribution < 1.29 is 13.9 Å². The third-order valence-electron chi connectivity index (χ3n) is 3.86. The molecule has 0 bridgehead atoms. The summed E-state index contributed by atoms with van der Waals surface area (Å²) in [6, 6.07) is 18.0. The number of rotatable bonds is 3. The third-order valence-corrected chi connectivity index (χ3v) is 3.86. The number of carbonyl (C=O) groups excluding carboxylic acids is 1. The number of fused-ring (bicyclic) bond motifs is 1. The molecule has 0 aliphatic carbocycles. The fourth-order valence-corrected chi connectivity index (χ4v) is 2.83. The molecule has 0 spiro atoms. The normalized spacial score (nSPS) is 17.5. The molecule has 0 radical (unpaired) electrons. The van der Waals surface area contributed by atoms with Crippen LogP contribution in [0.1, 0.15) is 12.0 Å². The number of carbonyl (C=O) groups is 1. The maximum atomic E-state index is 11.0. The summed E-state index contributed by atoms with van der Waals surface area (Å²) < 4.78 is 11.2. The zero-order chi connectivity index (χ0) is 14.2. The maximum Gasteiger partial charge on any atom is 0.309 e. The highest BCUT2D eigenvalue weighted by Gasteiger charge is 2.30. The monoisotopic (exact) mass is 278 g/mol. The fraction of sp³-hybridized carbons (Fsp3) is 0.167. The Morgan fingerprint density at radius 3 is 2.48 bits per heavy atom. The van der Waals surface area contributed by atoms with Gasteiger partial charge in [0.2, 0.25) is 0 Å². The summed E-state index contributed by atoms with van der Waals surface area (Å²) in [7, 11) is 0. The van der Waals surface area contributed by atoms with Crippen LogP contribution in [0.25, 0.3) is 22.3 Å². The van der Waals surface area contributed by atoms with Gasteiger partial charge in [-0.25, -0.2) is 0 Å². The zero-order valence-electron chi connectivity index (χ0n) is 11.4. The Labute approximate surface area is 122 Å². The highest BCUT2D eigenvalue weighted by Crippen LogP contribution is 2.35. The lowest BCUT2D eigenvalue weighted by Gasteiger charge is -2.25. The van der Waals surface area contributed by atoms with Crippen LogP contribution in [0.2, 0.25) is 0 Å². The summed E-state index contributed by atoms with van der Waals surface area (Å²) in [6.07, 6.45) is 1.17. The highest BCUT2D eigenvalue weighted by atomic mass is 16.6. The van der Waals surface area contributed by atoms with Gasteiger partial charge in [-0.05, 0) is 6.07 Å². The van der Waals surface area contributed by atoms with Crippen LogP contribution in [0.3, 0.4) is 0 Å². The quantitative estimate of drug-likeness (QED) is 0.681. The molecule has 21 heavy (non-hydrogen) atoms. The van der Waals surface area contributed by atoms with E-state index in [1.807, 2.05) is 48.5 Å². The van der Waals surface area contributed by atoms with Gasteiger partial charge >= 0.3 is 5.97 Å². The number of para-hydroxylation sites is 1. The van der Waals surface area contributed by atoms with Gasteiger partial charge in [-0.1, -0.05) is 48.5 Å². The summed E-state index contributed by atoms with van der Waals surface area (Å²) in [5.74, 6) is 0.758. The Balaban J connectivity index is 1.83. The molecule has 1 saturated heterocycles. The number of cyclic esters (lactones) is 1. The van der Waals surface area contributed by atoms with Gasteiger partial charge in [-0.15, -0.1) is 0 Å². The second-order valence-corrected chi connectivity index (χ2v) is 5.29. The summed E-state index contributed by atoms with van der Waals surface area (Å²) in [4.78, 5) is 11.0. The molecule has 1 aromatic heterocycles. The summed E-state index contributed by atoms with van der Waals surface area (Å²) in [5, 5.41) is 1.10. The van der Waals surface area contributed by atoms with Crippen molar-refractivity contribution in [3.05, 3.63) is 60.2 Å². The molecular weight excluding hydrogens is 264 g/mol. The van der Waals surface area contributed by atoms with Gasteiger partial charge in [0.25, 0.3) is 0 Å². The van der Waals surface area contributed by atoms with E-state index in [0.717, 1.165) is 27.9 Å². The van der Waals surface area contributed by atoms with Crippen LogP contribution in [0.15, 0.2) is 59.0 Å². The first kappa shape index (κ1) is 12.2. The molecule has 2 heterocycles. The van der Waals surface area contributed by atoms with Crippen molar-refractivity contribution in [3.63, 3.8) is 0 Å². The number of benzene rings is 2. The van der Waals surface area contributed by atoms with Gasteiger partial charge in [0.1, 0.15) is 17.4 Å². The van der Waals surface area contributed by atoms with Crippen LogP contribution < -0.4 is 0 Å². The molecule has 1 atom stereocenters. The van der Waals surface area contributed by atoms with Gasteiger partial charge in [-0.3, -0.25) is 4.79 Å². The van der Waals surface area contributed by atoms with Crippen molar-refractivity contribution in [1.29, 1.82) is 0 Å². The van der Waals surface area contributed by atoms with Crippen molar-refractivity contribution in [2.75, 3.05) is 0 Å². The maximum absolute atomic E-state index is 11.0. The fourth-order valence-electron chi connectivity index (χ4n) is 2.83. The smallest absolute Gasteiger partial charge is 0.309 e. The molecule has 3 heteroatoms. The van der Waals surface area contributed by atoms with E-state index < -0.39 is 0 Å². The molecule has 0 saturated carbocycles. The van der Waals surface area contributed by atoms with E-state index in [4.69, 9.17) is 9.15 Å². The predicted molar refractivity (Wildman–Crippen MR) is 79.9 cm³/mol. The Kier molecular flexibility index (Phi) is 2.78. The van der Waals surface area contributed by atoms with Gasteiger partial charge in [0, 0.05) is 22.9 Å². The number of esters is 1. The Morgan fingerprint density at radius 2 is 1.71 bits per heavy atom. The number of hydrogen-bond acceptors (Lipinski definition) is 3. The summed E-state index contributed by atoms with van der Waals surface area (Å²) >= 11 is 0. The zero-order valence-corrected chi connectivity index (χ0v) is 11.4. The van der Waals surface area contributed by atoms with Crippen molar-refractivity contribution in [3.8, 4) is 11.3 Å². The minimum atomic E-state index is -0.117. The highest BCUT2D eigenvalue weighted by molar-refractivity contribution is 5.88. The second-order valence-electron chi connectivity index (χ2n) is 5.29. The van der Waals surface area contributed by atoms with Gasteiger partial charge < -0.3 is 9.15 Å². The molecule has 2 aromatic carbocycles. The van der Waals surface area contributed by atoms with E-state index in [2.05, 4.69) is 6.07 Å². The van der Waals surface area contributed by atoms with Crippen molar-refractivity contribution in [2.24, 2.45) is 0 Å². The van der Waals surface area contributed by atoms with E-state index in [-0.39, 0.29) is 12.1 Å². The SMILES string of the molecule is O=C1CC(Cc2c(-c3ccccc3)oc3ccccc23)O1. The lowest BCUT2D eigenvalue weighted by molar-refractivity contribution is -0.169. The summed E-state index contributed by atoms with van der Waals surface area (Å²) in [6.45, 7) is 0. The average Bonchev–Trinajstić information content (AvgIpc) is 2.86. The van der Waals surface area contributed by atoms with Crippen LogP contribution in [0.4, 0.5) is 0 Å². The molecule has 0 amide bonds. The van der Waals surface area contributed by atoms with E-state index in [9.17, 15) is 4.79 Å². The molecule has 3 aromatic rings. The molecule has 1 unspecified atom stereocenters. The number of furan rings is 1. The first-order chi connectivity index (χ1) is 10.3. The van der Waals surface area contributed by atoms with Crippen LogP contribution >= 0.6 is 0 Å². The average molecular weight is 278 g/mol. The van der Waals surface area contributed by atoms with Crippen molar-refractivity contribution >= 4 is 16.9 Å². The van der Waals surface area contributed by atoms with Crippen LogP contribution in [-0.2, 0) is 16.0 Å². The molecule has 3 nitrogen and oxygen atoms in total. The minimum absolute atomic E-state index is 0.0269. The van der Waals surface area contributed by atoms with Gasteiger partial charge in [-0.2, -0.15) is 0 Å². The number of ether oxygens (including phenoxy) is 1.